The molecule has 1 fully saturated rings. The summed E-state index contributed by atoms with van der Waals surface area (Å²) in [6.07, 6.45) is -3.82. The summed E-state index contributed by atoms with van der Waals surface area (Å²) < 4.78 is 40.1. The van der Waals surface area contributed by atoms with E-state index in [1.54, 1.807) is 30.5 Å². The quantitative estimate of drug-likeness (QED) is 0.593. The first-order valence-electron chi connectivity index (χ1n) is 9.72. The number of carbonyl (C=O) groups excluding carboxylic acids is 1. The Morgan fingerprint density at radius 2 is 1.90 bits per heavy atom. The smallest absolute Gasteiger partial charge is 0.390 e. The average Bonchev–Trinajstić information content (AvgIpc) is 3.14. The second-order valence-corrected chi connectivity index (χ2v) is 7.51. The van der Waals surface area contributed by atoms with Crippen molar-refractivity contribution in [3.63, 3.8) is 0 Å². The van der Waals surface area contributed by atoms with E-state index in [1.165, 1.54) is 16.7 Å². The Kier molecular flexibility index (Phi) is 5.55. The number of aliphatic hydroxyl groups excluding tert-OH is 1. The predicted molar refractivity (Wildman–Crippen MR) is 110 cm³/mol. The number of β-amino-alcohol motifs (C(OH)–C–C–N with tert-alkyl or cyclic N) is 1. The van der Waals surface area contributed by atoms with Gasteiger partial charge in [0.2, 0.25) is 5.91 Å². The molecule has 3 aromatic rings. The lowest BCUT2D eigenvalue weighted by molar-refractivity contribution is -0.137. The second-order valence-electron chi connectivity index (χ2n) is 7.51. The number of aromatic nitrogens is 1. The van der Waals surface area contributed by atoms with Gasteiger partial charge in [-0.3, -0.25) is 9.59 Å². The third-order valence-corrected chi connectivity index (χ3v) is 5.37. The van der Waals surface area contributed by atoms with E-state index in [4.69, 9.17) is 0 Å². The molecule has 2 heterocycles. The number of nitrogens with one attached hydrogen (secondary N) is 2. The molecule has 1 aliphatic rings. The number of nitrogens with zero attached hydrogens (tertiary/aromatic N) is 1. The van der Waals surface area contributed by atoms with Crippen molar-refractivity contribution in [3.8, 4) is 0 Å². The molecule has 0 saturated carbocycles. The molecular formula is C22H20F3N3O3. The molecule has 9 heteroatoms. The van der Waals surface area contributed by atoms with E-state index in [-0.39, 0.29) is 23.6 Å². The third-order valence-electron chi connectivity index (χ3n) is 5.37. The van der Waals surface area contributed by atoms with Crippen LogP contribution >= 0.6 is 0 Å². The standard InChI is InChI=1S/C22H20F3N3O3/c23-22(24,25)14-4-1-3-13(9-14)10-20(30)27-17-6-2-5-16-15(17)7-8-28(21(16)31)18-11-26-12-19(18)29/h1-9,18-19,26,29H,10-12H2,(H,27,30). The van der Waals surface area contributed by atoms with Crippen molar-refractivity contribution in [1.29, 1.82) is 0 Å². The SMILES string of the molecule is O=C(Cc1cccc(C(F)(F)F)c1)Nc1cccc2c(=O)n(C3CNCC3O)ccc12. The molecule has 0 radical (unpaired) electrons. The Hall–Kier alpha value is -3.17. The van der Waals surface area contributed by atoms with Gasteiger partial charge in [-0.1, -0.05) is 24.3 Å². The zero-order valence-electron chi connectivity index (χ0n) is 16.3. The van der Waals surface area contributed by atoms with Crippen LogP contribution in [0.25, 0.3) is 10.8 Å². The van der Waals surface area contributed by atoms with Gasteiger partial charge in [-0.05, 0) is 29.8 Å². The molecule has 162 valence electrons. The van der Waals surface area contributed by atoms with Crippen LogP contribution in [0.1, 0.15) is 17.2 Å². The number of carbonyl (C=O) groups is 1. The highest BCUT2D eigenvalue weighted by Crippen LogP contribution is 2.30. The van der Waals surface area contributed by atoms with Crippen LogP contribution in [0.3, 0.4) is 0 Å². The fraction of sp³-hybridized carbons (Fsp3) is 0.273. The summed E-state index contributed by atoms with van der Waals surface area (Å²) in [4.78, 5) is 25.4. The predicted octanol–water partition coefficient (Wildman–Crippen LogP) is 2.71. The third kappa shape index (κ3) is 4.33. The number of hydrogen-bond acceptors (Lipinski definition) is 4. The van der Waals surface area contributed by atoms with Crippen LogP contribution in [0.2, 0.25) is 0 Å². The number of aliphatic hydroxyl groups is 1. The van der Waals surface area contributed by atoms with E-state index in [9.17, 15) is 27.9 Å². The van der Waals surface area contributed by atoms with E-state index >= 15 is 0 Å². The van der Waals surface area contributed by atoms with Gasteiger partial charge in [-0.25, -0.2) is 0 Å². The van der Waals surface area contributed by atoms with E-state index in [1.807, 2.05) is 0 Å². The first kappa shape index (κ1) is 21.1. The van der Waals surface area contributed by atoms with Crippen LogP contribution in [0.5, 0.6) is 0 Å². The zero-order chi connectivity index (χ0) is 22.2. The molecule has 1 aromatic heterocycles. The average molecular weight is 431 g/mol. The maximum absolute atomic E-state index is 12.9. The molecule has 1 aliphatic heterocycles. The molecule has 1 saturated heterocycles. The molecule has 0 aliphatic carbocycles. The summed E-state index contributed by atoms with van der Waals surface area (Å²) in [6.45, 7) is 0.876. The summed E-state index contributed by atoms with van der Waals surface area (Å²) in [5.41, 5.74) is -0.479. The number of fused-ring (bicyclic) bond motifs is 1. The van der Waals surface area contributed by atoms with Gasteiger partial charge in [-0.2, -0.15) is 13.2 Å². The van der Waals surface area contributed by atoms with Crippen molar-refractivity contribution in [2.75, 3.05) is 18.4 Å². The lowest BCUT2D eigenvalue weighted by Crippen LogP contribution is -2.31. The Morgan fingerprint density at radius 1 is 1.13 bits per heavy atom. The number of rotatable bonds is 4. The van der Waals surface area contributed by atoms with Crippen LogP contribution in [0.15, 0.2) is 59.5 Å². The summed E-state index contributed by atoms with van der Waals surface area (Å²) >= 11 is 0. The van der Waals surface area contributed by atoms with E-state index < -0.39 is 23.8 Å². The van der Waals surface area contributed by atoms with Gasteiger partial charge in [0.15, 0.2) is 0 Å². The number of pyridine rings is 1. The molecule has 0 bridgehead atoms. The van der Waals surface area contributed by atoms with Crippen LogP contribution in [0.4, 0.5) is 18.9 Å². The monoisotopic (exact) mass is 431 g/mol. The van der Waals surface area contributed by atoms with Crippen LogP contribution < -0.4 is 16.2 Å². The molecule has 1 amide bonds. The van der Waals surface area contributed by atoms with Crippen molar-refractivity contribution >= 4 is 22.4 Å². The normalized spacial score (nSPS) is 19.0. The molecular weight excluding hydrogens is 411 g/mol. The lowest BCUT2D eigenvalue weighted by atomic mass is 10.1. The first-order chi connectivity index (χ1) is 14.7. The minimum atomic E-state index is -4.48. The lowest BCUT2D eigenvalue weighted by Gasteiger charge is -2.18. The number of halogens is 3. The topological polar surface area (TPSA) is 83.4 Å². The zero-order valence-corrected chi connectivity index (χ0v) is 16.3. The Bertz CT molecular complexity index is 1190. The van der Waals surface area contributed by atoms with E-state index in [0.717, 1.165) is 12.1 Å². The number of hydrogen-bond donors (Lipinski definition) is 3. The van der Waals surface area contributed by atoms with Crippen LogP contribution in [0, 0.1) is 0 Å². The number of alkyl halides is 3. The Balaban J connectivity index is 1.58. The largest absolute Gasteiger partial charge is 0.416 e. The molecule has 31 heavy (non-hydrogen) atoms. The van der Waals surface area contributed by atoms with Crippen molar-refractivity contribution in [1.82, 2.24) is 9.88 Å². The summed E-state index contributed by atoms with van der Waals surface area (Å²) in [5, 5.41) is 16.7. The number of benzene rings is 2. The first-order valence-corrected chi connectivity index (χ1v) is 9.72. The summed E-state index contributed by atoms with van der Waals surface area (Å²) in [5.74, 6) is -0.494. The van der Waals surface area contributed by atoms with Gasteiger partial charge in [0.05, 0.1) is 24.1 Å². The van der Waals surface area contributed by atoms with Crippen LogP contribution in [-0.4, -0.2) is 34.8 Å². The van der Waals surface area contributed by atoms with Gasteiger partial charge in [0, 0.05) is 35.7 Å². The molecule has 0 spiro atoms. The highest BCUT2D eigenvalue weighted by molar-refractivity contribution is 6.02. The van der Waals surface area contributed by atoms with Crippen molar-refractivity contribution in [3.05, 3.63) is 76.2 Å². The molecule has 6 nitrogen and oxygen atoms in total. The molecule has 2 aromatic carbocycles. The van der Waals surface area contributed by atoms with Gasteiger partial charge in [-0.15, -0.1) is 0 Å². The highest BCUT2D eigenvalue weighted by atomic mass is 19.4. The fourth-order valence-corrected chi connectivity index (χ4v) is 3.84. The van der Waals surface area contributed by atoms with Crippen LogP contribution in [-0.2, 0) is 17.4 Å². The molecule has 2 unspecified atom stereocenters. The fourth-order valence-electron chi connectivity index (χ4n) is 3.84. The van der Waals surface area contributed by atoms with Gasteiger partial charge in [0.1, 0.15) is 0 Å². The maximum atomic E-state index is 12.9. The van der Waals surface area contributed by atoms with E-state index in [2.05, 4.69) is 10.6 Å². The van der Waals surface area contributed by atoms with Crippen molar-refractivity contribution < 1.29 is 23.1 Å². The number of anilines is 1. The van der Waals surface area contributed by atoms with E-state index in [0.29, 0.717) is 29.5 Å². The second kappa shape index (κ2) is 8.16. The van der Waals surface area contributed by atoms with Gasteiger partial charge in [0.25, 0.3) is 5.56 Å². The maximum Gasteiger partial charge on any atom is 0.416 e. The molecule has 4 rings (SSSR count). The molecule has 3 N–H and O–H groups in total. The summed E-state index contributed by atoms with van der Waals surface area (Å²) in [6, 6.07) is 10.8. The Morgan fingerprint density at radius 3 is 2.61 bits per heavy atom. The highest BCUT2D eigenvalue weighted by Gasteiger charge is 2.30. The Labute approximate surface area is 175 Å². The summed E-state index contributed by atoms with van der Waals surface area (Å²) in [7, 11) is 0. The van der Waals surface area contributed by atoms with Crippen molar-refractivity contribution in [2.24, 2.45) is 0 Å². The van der Waals surface area contributed by atoms with Gasteiger partial charge < -0.3 is 20.3 Å². The van der Waals surface area contributed by atoms with Crippen molar-refractivity contribution in [2.45, 2.75) is 24.7 Å². The minimum Gasteiger partial charge on any atom is -0.390 e. The molecule has 2 atom stereocenters. The minimum absolute atomic E-state index is 0.234. The number of amides is 1. The van der Waals surface area contributed by atoms with Gasteiger partial charge >= 0.3 is 6.18 Å².